The Morgan fingerprint density at radius 1 is 1.43 bits per heavy atom. The summed E-state index contributed by atoms with van der Waals surface area (Å²) in [5.41, 5.74) is 1.10. The van der Waals surface area contributed by atoms with E-state index >= 15 is 0 Å². The van der Waals surface area contributed by atoms with E-state index in [1.807, 2.05) is 0 Å². The predicted molar refractivity (Wildman–Crippen MR) is 49.0 cm³/mol. The molecule has 0 radical (unpaired) electrons. The number of ether oxygens (including phenoxy) is 1. The van der Waals surface area contributed by atoms with Crippen molar-refractivity contribution in [3.63, 3.8) is 0 Å². The number of pyridine rings is 1. The molecule has 0 saturated heterocycles. The van der Waals surface area contributed by atoms with Crippen molar-refractivity contribution in [2.75, 3.05) is 7.11 Å². The van der Waals surface area contributed by atoms with Crippen LogP contribution in [-0.4, -0.2) is 21.7 Å². The van der Waals surface area contributed by atoms with Crippen LogP contribution in [-0.2, 0) is 0 Å². The monoisotopic (exact) mass is 188 g/mol. The number of fused-ring (bicyclic) bond motifs is 1. The quantitative estimate of drug-likeness (QED) is 0.667. The van der Waals surface area contributed by atoms with Gasteiger partial charge in [0.15, 0.2) is 5.65 Å². The van der Waals surface area contributed by atoms with Crippen molar-refractivity contribution in [3.8, 4) is 11.8 Å². The molecule has 70 valence electrons. The lowest BCUT2D eigenvalue weighted by atomic mass is 10.3. The Kier molecular flexibility index (Phi) is 1.82. The van der Waals surface area contributed by atoms with Crippen molar-refractivity contribution in [2.24, 2.45) is 0 Å². The zero-order valence-electron chi connectivity index (χ0n) is 7.85. The largest absolute Gasteiger partial charge is 0.497 e. The minimum absolute atomic E-state index is 0.474. The highest BCUT2D eigenvalue weighted by Crippen LogP contribution is 2.17. The van der Waals surface area contributed by atoms with Gasteiger partial charge in [0.1, 0.15) is 23.3 Å². The SMILES string of the molecule is COc1cc(C#N)n2c(C)nnc2c1. The highest BCUT2D eigenvalue weighted by atomic mass is 16.5. The van der Waals surface area contributed by atoms with Crippen LogP contribution in [0.4, 0.5) is 0 Å². The van der Waals surface area contributed by atoms with Crippen LogP contribution in [0.5, 0.6) is 5.75 Å². The molecule has 0 N–H and O–H groups in total. The van der Waals surface area contributed by atoms with Gasteiger partial charge in [0.25, 0.3) is 0 Å². The van der Waals surface area contributed by atoms with Gasteiger partial charge in [-0.3, -0.25) is 4.40 Å². The van der Waals surface area contributed by atoms with Gasteiger partial charge >= 0.3 is 0 Å². The fourth-order valence-electron chi connectivity index (χ4n) is 1.34. The average Bonchev–Trinajstić information content (AvgIpc) is 2.59. The second kappa shape index (κ2) is 3.00. The molecule has 2 rings (SSSR count). The summed E-state index contributed by atoms with van der Waals surface area (Å²) in [5.74, 6) is 1.31. The topological polar surface area (TPSA) is 63.2 Å². The first-order valence-electron chi connectivity index (χ1n) is 4.06. The maximum absolute atomic E-state index is 8.92. The summed E-state index contributed by atoms with van der Waals surface area (Å²) in [5, 5.41) is 16.7. The third kappa shape index (κ3) is 1.09. The van der Waals surface area contributed by atoms with Gasteiger partial charge in [-0.15, -0.1) is 10.2 Å². The fraction of sp³-hybridized carbons (Fsp3) is 0.222. The van der Waals surface area contributed by atoms with E-state index < -0.39 is 0 Å². The normalized spacial score (nSPS) is 10.1. The number of aryl methyl sites for hydroxylation is 1. The van der Waals surface area contributed by atoms with Crippen molar-refractivity contribution in [3.05, 3.63) is 23.7 Å². The highest BCUT2D eigenvalue weighted by Gasteiger charge is 2.07. The predicted octanol–water partition coefficient (Wildman–Crippen LogP) is 0.918. The van der Waals surface area contributed by atoms with Crippen LogP contribution in [0.25, 0.3) is 5.65 Å². The van der Waals surface area contributed by atoms with Crippen molar-refractivity contribution >= 4 is 5.65 Å². The summed E-state index contributed by atoms with van der Waals surface area (Å²) in [4.78, 5) is 0. The van der Waals surface area contributed by atoms with Crippen molar-refractivity contribution in [2.45, 2.75) is 6.92 Å². The molecule has 0 aliphatic rings. The van der Waals surface area contributed by atoms with Gasteiger partial charge in [-0.2, -0.15) is 5.26 Å². The molecule has 0 bridgehead atoms. The van der Waals surface area contributed by atoms with E-state index in [2.05, 4.69) is 16.3 Å². The maximum atomic E-state index is 8.92. The summed E-state index contributed by atoms with van der Waals surface area (Å²) in [6.07, 6.45) is 0. The number of methoxy groups -OCH3 is 1. The third-order valence-electron chi connectivity index (χ3n) is 1.99. The summed E-state index contributed by atoms with van der Waals surface area (Å²) in [6, 6.07) is 5.47. The zero-order valence-corrected chi connectivity index (χ0v) is 7.85. The molecule has 0 saturated carbocycles. The number of hydrogen-bond donors (Lipinski definition) is 0. The molecule has 14 heavy (non-hydrogen) atoms. The Morgan fingerprint density at radius 2 is 2.21 bits per heavy atom. The molecule has 2 heterocycles. The summed E-state index contributed by atoms with van der Waals surface area (Å²) in [7, 11) is 1.55. The molecule has 0 spiro atoms. The van der Waals surface area contributed by atoms with E-state index in [0.29, 0.717) is 22.9 Å². The molecule has 0 aromatic carbocycles. The molecular weight excluding hydrogens is 180 g/mol. The number of nitriles is 1. The van der Waals surface area contributed by atoms with Crippen molar-refractivity contribution in [1.82, 2.24) is 14.6 Å². The smallest absolute Gasteiger partial charge is 0.165 e. The summed E-state index contributed by atoms with van der Waals surface area (Å²) in [6.45, 7) is 1.80. The molecular formula is C9H8N4O. The van der Waals surface area contributed by atoms with Crippen LogP contribution >= 0.6 is 0 Å². The number of aromatic nitrogens is 3. The van der Waals surface area contributed by atoms with Crippen LogP contribution in [0.1, 0.15) is 11.5 Å². The van der Waals surface area contributed by atoms with Crippen LogP contribution < -0.4 is 4.74 Å². The Morgan fingerprint density at radius 3 is 2.86 bits per heavy atom. The first kappa shape index (κ1) is 8.51. The molecule has 0 aliphatic heterocycles. The van der Waals surface area contributed by atoms with E-state index in [-0.39, 0.29) is 0 Å². The number of rotatable bonds is 1. The lowest BCUT2D eigenvalue weighted by Crippen LogP contribution is -1.96. The van der Waals surface area contributed by atoms with Crippen LogP contribution in [0.15, 0.2) is 12.1 Å². The minimum atomic E-state index is 0.474. The van der Waals surface area contributed by atoms with Crippen LogP contribution in [0.2, 0.25) is 0 Å². The fourth-order valence-corrected chi connectivity index (χ4v) is 1.34. The molecule has 2 aromatic rings. The Hall–Kier alpha value is -2.09. The Labute approximate surface area is 80.6 Å². The molecule has 5 nitrogen and oxygen atoms in total. The van der Waals surface area contributed by atoms with Crippen molar-refractivity contribution < 1.29 is 4.74 Å². The molecule has 0 fully saturated rings. The second-order valence-electron chi connectivity index (χ2n) is 2.83. The summed E-state index contributed by atoms with van der Waals surface area (Å²) >= 11 is 0. The van der Waals surface area contributed by atoms with Crippen molar-refractivity contribution in [1.29, 1.82) is 5.26 Å². The van der Waals surface area contributed by atoms with Crippen LogP contribution in [0.3, 0.4) is 0 Å². The molecule has 0 unspecified atom stereocenters. The maximum Gasteiger partial charge on any atom is 0.165 e. The standard InChI is InChI=1S/C9H8N4O/c1-6-11-12-9-4-8(14-2)3-7(5-10)13(6)9/h3-4H,1-2H3. The van der Waals surface area contributed by atoms with Gasteiger partial charge in [-0.1, -0.05) is 0 Å². The lowest BCUT2D eigenvalue weighted by molar-refractivity contribution is 0.414. The number of hydrogen-bond acceptors (Lipinski definition) is 4. The van der Waals surface area contributed by atoms with Gasteiger partial charge in [0, 0.05) is 12.1 Å². The van der Waals surface area contributed by atoms with Gasteiger partial charge in [-0.05, 0) is 6.92 Å². The van der Waals surface area contributed by atoms with E-state index in [1.165, 1.54) is 0 Å². The van der Waals surface area contributed by atoms with E-state index in [0.717, 1.165) is 0 Å². The molecule has 2 aromatic heterocycles. The Balaban J connectivity index is 2.84. The number of nitrogens with zero attached hydrogens (tertiary/aromatic N) is 4. The zero-order chi connectivity index (χ0) is 10.1. The third-order valence-corrected chi connectivity index (χ3v) is 1.99. The molecule has 0 aliphatic carbocycles. The first-order valence-corrected chi connectivity index (χ1v) is 4.06. The molecule has 5 heteroatoms. The first-order chi connectivity index (χ1) is 6.76. The molecule has 0 amide bonds. The second-order valence-corrected chi connectivity index (χ2v) is 2.83. The summed E-state index contributed by atoms with van der Waals surface area (Å²) < 4.78 is 6.72. The van der Waals surface area contributed by atoms with Crippen LogP contribution in [0, 0.1) is 18.3 Å². The van der Waals surface area contributed by atoms with E-state index in [4.69, 9.17) is 10.00 Å². The lowest BCUT2D eigenvalue weighted by Gasteiger charge is -2.02. The highest BCUT2D eigenvalue weighted by molar-refractivity contribution is 5.49. The van der Waals surface area contributed by atoms with Gasteiger partial charge in [0.05, 0.1) is 7.11 Å². The van der Waals surface area contributed by atoms with E-state index in [9.17, 15) is 0 Å². The average molecular weight is 188 g/mol. The molecule has 0 atom stereocenters. The van der Waals surface area contributed by atoms with Gasteiger partial charge < -0.3 is 4.74 Å². The van der Waals surface area contributed by atoms with E-state index in [1.54, 1.807) is 30.6 Å². The van der Waals surface area contributed by atoms with Gasteiger partial charge in [0.2, 0.25) is 0 Å². The minimum Gasteiger partial charge on any atom is -0.497 e. The Bertz CT molecular complexity index is 523. The van der Waals surface area contributed by atoms with Gasteiger partial charge in [-0.25, -0.2) is 0 Å².